The van der Waals surface area contributed by atoms with Crippen LogP contribution in [0.3, 0.4) is 0 Å². The van der Waals surface area contributed by atoms with Crippen LogP contribution in [0.4, 0.5) is 5.82 Å². The first-order chi connectivity index (χ1) is 15.5. The monoisotopic (exact) mass is 449 g/mol. The van der Waals surface area contributed by atoms with E-state index in [9.17, 15) is 9.59 Å². The number of fused-ring (bicyclic) bond motifs is 1. The highest BCUT2D eigenvalue weighted by Gasteiger charge is 2.32. The fraction of sp³-hybridized carbons (Fsp3) is 0.320. The van der Waals surface area contributed by atoms with E-state index in [1.165, 1.54) is 17.3 Å². The number of carbonyl (C=O) groups is 1. The van der Waals surface area contributed by atoms with Gasteiger partial charge >= 0.3 is 0 Å². The van der Waals surface area contributed by atoms with Gasteiger partial charge in [0.1, 0.15) is 11.6 Å². The third-order valence-electron chi connectivity index (χ3n) is 5.48. The van der Waals surface area contributed by atoms with Gasteiger partial charge < -0.3 is 15.0 Å². The van der Waals surface area contributed by atoms with E-state index in [2.05, 4.69) is 46.5 Å². The summed E-state index contributed by atoms with van der Waals surface area (Å²) in [5, 5.41) is 3.28. The number of aryl methyl sites for hydroxylation is 1. The van der Waals surface area contributed by atoms with Gasteiger partial charge in [0.25, 0.3) is 5.56 Å². The summed E-state index contributed by atoms with van der Waals surface area (Å²) >= 11 is 1.44. The summed E-state index contributed by atoms with van der Waals surface area (Å²) in [7, 11) is 0. The van der Waals surface area contributed by atoms with Crippen LogP contribution in [-0.4, -0.2) is 22.5 Å². The Hall–Kier alpha value is -3.06. The Morgan fingerprint density at radius 2 is 1.91 bits per heavy atom. The van der Waals surface area contributed by atoms with Crippen molar-refractivity contribution in [3.63, 3.8) is 0 Å². The number of nitrogens with zero attached hydrogens (tertiary/aromatic N) is 1. The fourth-order valence-electron chi connectivity index (χ4n) is 3.75. The molecule has 166 valence electrons. The molecule has 6 nitrogen and oxygen atoms in total. The van der Waals surface area contributed by atoms with Crippen molar-refractivity contribution in [1.82, 2.24) is 9.97 Å². The molecular formula is C25H27N3O3S. The molecule has 4 rings (SSSR count). The molecule has 1 aliphatic rings. The van der Waals surface area contributed by atoms with Crippen molar-refractivity contribution in [2.75, 3.05) is 11.9 Å². The molecule has 3 aromatic rings. The summed E-state index contributed by atoms with van der Waals surface area (Å²) in [6, 6.07) is 15.9. The lowest BCUT2D eigenvalue weighted by Crippen LogP contribution is -2.31. The highest BCUT2D eigenvalue weighted by molar-refractivity contribution is 7.98. The van der Waals surface area contributed by atoms with Gasteiger partial charge in [0.2, 0.25) is 5.91 Å². The molecule has 0 bridgehead atoms. The van der Waals surface area contributed by atoms with Gasteiger partial charge in [-0.1, -0.05) is 73.1 Å². The largest absolute Gasteiger partial charge is 0.493 e. The summed E-state index contributed by atoms with van der Waals surface area (Å²) in [5.41, 5.74) is 3.44. The predicted molar refractivity (Wildman–Crippen MR) is 128 cm³/mol. The lowest BCUT2D eigenvalue weighted by Gasteiger charge is -2.26. The molecule has 1 atom stereocenters. The standard InChI is InChI=1S/C25H27N3O3S/c1-3-4-13-31-20-8-6-5-7-18(20)19-14-21(29)26-23-22(19)24(30)28-25(27-23)32-15-17-11-9-16(2)10-12-17/h5-12,19H,3-4,13-15H2,1-2H3,(H2,26,27,28,29,30)/t19-/m1/s1. The van der Waals surface area contributed by atoms with E-state index in [0.29, 0.717) is 34.6 Å². The van der Waals surface area contributed by atoms with Gasteiger partial charge in [-0.2, -0.15) is 0 Å². The van der Waals surface area contributed by atoms with Crippen LogP contribution in [0, 0.1) is 6.92 Å². The van der Waals surface area contributed by atoms with Crippen molar-refractivity contribution in [1.29, 1.82) is 0 Å². The molecule has 0 radical (unpaired) electrons. The second kappa shape index (κ2) is 10.0. The number of nitrogens with one attached hydrogen (secondary N) is 2. The van der Waals surface area contributed by atoms with Crippen LogP contribution >= 0.6 is 11.8 Å². The lowest BCUT2D eigenvalue weighted by molar-refractivity contribution is -0.116. The van der Waals surface area contributed by atoms with E-state index >= 15 is 0 Å². The molecule has 0 saturated carbocycles. The van der Waals surface area contributed by atoms with E-state index in [1.54, 1.807) is 0 Å². The molecule has 2 aromatic carbocycles. The summed E-state index contributed by atoms with van der Waals surface area (Å²) in [4.78, 5) is 33.1. The number of hydrogen-bond acceptors (Lipinski definition) is 5. The van der Waals surface area contributed by atoms with Crippen molar-refractivity contribution in [3.8, 4) is 5.75 Å². The zero-order valence-corrected chi connectivity index (χ0v) is 19.1. The van der Waals surface area contributed by atoms with Gasteiger partial charge in [-0.15, -0.1) is 0 Å². The SMILES string of the molecule is CCCCOc1ccccc1[C@H]1CC(=O)Nc2nc(SCc3ccc(C)cc3)[nH]c(=O)c21. The van der Waals surface area contributed by atoms with Gasteiger partial charge in [-0.25, -0.2) is 4.98 Å². The van der Waals surface area contributed by atoms with Crippen molar-refractivity contribution in [3.05, 3.63) is 81.1 Å². The van der Waals surface area contributed by atoms with E-state index in [-0.39, 0.29) is 17.9 Å². The molecule has 0 spiro atoms. The van der Waals surface area contributed by atoms with Gasteiger partial charge in [0.15, 0.2) is 5.16 Å². The summed E-state index contributed by atoms with van der Waals surface area (Å²) < 4.78 is 5.97. The number of unbranched alkanes of at least 4 members (excludes halogenated alkanes) is 1. The quantitative estimate of drug-likeness (QED) is 0.286. The molecule has 0 unspecified atom stereocenters. The number of aromatic amines is 1. The maximum Gasteiger partial charge on any atom is 0.257 e. The Morgan fingerprint density at radius 1 is 1.12 bits per heavy atom. The molecule has 0 fully saturated rings. The molecule has 1 amide bonds. The molecular weight excluding hydrogens is 422 g/mol. The van der Waals surface area contributed by atoms with Gasteiger partial charge in [0.05, 0.1) is 12.2 Å². The summed E-state index contributed by atoms with van der Waals surface area (Å²) in [6.45, 7) is 4.75. The number of amides is 1. The normalized spacial score (nSPS) is 15.2. The number of anilines is 1. The van der Waals surface area contributed by atoms with Crippen LogP contribution in [0.1, 0.15) is 54.4 Å². The number of ether oxygens (including phenoxy) is 1. The maximum atomic E-state index is 13.1. The predicted octanol–water partition coefficient (Wildman–Crippen LogP) is 5.02. The first-order valence-corrected chi connectivity index (χ1v) is 11.9. The zero-order valence-electron chi connectivity index (χ0n) is 18.3. The van der Waals surface area contributed by atoms with E-state index < -0.39 is 5.92 Å². The molecule has 2 heterocycles. The second-order valence-electron chi connectivity index (χ2n) is 7.95. The number of thioether (sulfide) groups is 1. The number of para-hydroxylation sites is 1. The molecule has 7 heteroatoms. The lowest BCUT2D eigenvalue weighted by atomic mass is 9.86. The minimum absolute atomic E-state index is 0.154. The number of benzene rings is 2. The smallest absolute Gasteiger partial charge is 0.257 e. The van der Waals surface area contributed by atoms with Crippen LogP contribution in [0.15, 0.2) is 58.5 Å². The van der Waals surface area contributed by atoms with Crippen LogP contribution in [0.25, 0.3) is 0 Å². The number of H-pyrrole nitrogens is 1. The third kappa shape index (κ3) is 5.05. The van der Waals surface area contributed by atoms with E-state index in [4.69, 9.17) is 4.74 Å². The van der Waals surface area contributed by atoms with Crippen molar-refractivity contribution < 1.29 is 9.53 Å². The van der Waals surface area contributed by atoms with Crippen LogP contribution in [0.5, 0.6) is 5.75 Å². The third-order valence-corrected chi connectivity index (χ3v) is 6.42. The molecule has 32 heavy (non-hydrogen) atoms. The Labute approximate surface area is 191 Å². The van der Waals surface area contributed by atoms with Crippen molar-refractivity contribution in [2.45, 2.75) is 49.9 Å². The highest BCUT2D eigenvalue weighted by Crippen LogP contribution is 2.38. The molecule has 1 aliphatic heterocycles. The van der Waals surface area contributed by atoms with Crippen molar-refractivity contribution in [2.24, 2.45) is 0 Å². The van der Waals surface area contributed by atoms with Crippen molar-refractivity contribution >= 4 is 23.5 Å². The van der Waals surface area contributed by atoms with Gasteiger partial charge in [0, 0.05) is 23.7 Å². The number of hydrogen-bond donors (Lipinski definition) is 2. The van der Waals surface area contributed by atoms with Crippen LogP contribution in [-0.2, 0) is 10.5 Å². The number of carbonyl (C=O) groups excluding carboxylic acids is 1. The second-order valence-corrected chi connectivity index (χ2v) is 8.92. The maximum absolute atomic E-state index is 13.1. The first kappa shape index (κ1) is 22.1. The number of aromatic nitrogens is 2. The van der Waals surface area contributed by atoms with E-state index in [1.807, 2.05) is 31.2 Å². The van der Waals surface area contributed by atoms with Gasteiger partial charge in [-0.3, -0.25) is 9.59 Å². The molecule has 0 aliphatic carbocycles. The minimum Gasteiger partial charge on any atom is -0.493 e. The van der Waals surface area contributed by atoms with Crippen LogP contribution in [0.2, 0.25) is 0 Å². The molecule has 0 saturated heterocycles. The summed E-state index contributed by atoms with van der Waals surface area (Å²) in [6.07, 6.45) is 2.16. The summed E-state index contributed by atoms with van der Waals surface area (Å²) in [5.74, 6) is 1.17. The Bertz CT molecular complexity index is 1160. The highest BCUT2D eigenvalue weighted by atomic mass is 32.2. The first-order valence-electron chi connectivity index (χ1n) is 10.9. The minimum atomic E-state index is -0.399. The molecule has 2 N–H and O–H groups in total. The average Bonchev–Trinajstić information content (AvgIpc) is 2.78. The van der Waals surface area contributed by atoms with Crippen LogP contribution < -0.4 is 15.6 Å². The average molecular weight is 450 g/mol. The topological polar surface area (TPSA) is 84.1 Å². The Morgan fingerprint density at radius 3 is 2.69 bits per heavy atom. The molecule has 1 aromatic heterocycles. The fourth-order valence-corrected chi connectivity index (χ4v) is 4.56. The number of rotatable bonds is 8. The zero-order chi connectivity index (χ0) is 22.5. The Kier molecular flexibility index (Phi) is 6.95. The van der Waals surface area contributed by atoms with E-state index in [0.717, 1.165) is 24.0 Å². The van der Waals surface area contributed by atoms with Gasteiger partial charge in [-0.05, 0) is 25.0 Å². The Balaban J connectivity index is 1.62.